The fourth-order valence-corrected chi connectivity index (χ4v) is 3.81. The molecule has 4 aromatic rings. The number of thiazole rings is 1. The number of aryl methyl sites for hydroxylation is 1. The first-order chi connectivity index (χ1) is 13.6. The van der Waals surface area contributed by atoms with Crippen LogP contribution in [0.5, 0.6) is 0 Å². The fourth-order valence-electron chi connectivity index (χ4n) is 2.81. The van der Waals surface area contributed by atoms with Gasteiger partial charge in [-0.15, -0.1) is 11.3 Å². The van der Waals surface area contributed by atoms with E-state index in [4.69, 9.17) is 0 Å². The van der Waals surface area contributed by atoms with E-state index in [0.29, 0.717) is 17.8 Å². The van der Waals surface area contributed by atoms with Crippen molar-refractivity contribution in [3.63, 3.8) is 0 Å². The Morgan fingerprint density at radius 3 is 2.64 bits per heavy atom. The van der Waals surface area contributed by atoms with Gasteiger partial charge in [0.25, 0.3) is 5.56 Å². The Morgan fingerprint density at radius 2 is 1.89 bits per heavy atom. The monoisotopic (exact) mass is 391 g/mol. The molecule has 0 radical (unpaired) electrons. The van der Waals surface area contributed by atoms with Crippen LogP contribution in [-0.2, 0) is 17.9 Å². The number of aromatic nitrogens is 4. The highest BCUT2D eigenvalue weighted by Gasteiger charge is 2.16. The van der Waals surface area contributed by atoms with Crippen molar-refractivity contribution in [2.45, 2.75) is 20.0 Å². The number of hydrogen-bond donors (Lipinski definition) is 1. The Bertz CT molecular complexity index is 1190. The molecule has 1 N–H and O–H groups in total. The van der Waals surface area contributed by atoms with E-state index in [1.807, 2.05) is 49.4 Å². The quantitative estimate of drug-likeness (QED) is 0.565. The molecule has 0 unspecified atom stereocenters. The first-order valence-corrected chi connectivity index (χ1v) is 9.53. The molecule has 0 spiro atoms. The average Bonchev–Trinajstić information content (AvgIpc) is 3.18. The van der Waals surface area contributed by atoms with Crippen molar-refractivity contribution in [1.82, 2.24) is 25.1 Å². The molecule has 1 aromatic carbocycles. The van der Waals surface area contributed by atoms with E-state index in [-0.39, 0.29) is 18.0 Å². The minimum atomic E-state index is -0.363. The van der Waals surface area contributed by atoms with Gasteiger partial charge < -0.3 is 5.32 Å². The Labute approximate surface area is 164 Å². The van der Waals surface area contributed by atoms with Gasteiger partial charge >= 0.3 is 0 Å². The Kier molecular flexibility index (Phi) is 4.94. The summed E-state index contributed by atoms with van der Waals surface area (Å²) in [5, 5.41) is 7.86. The van der Waals surface area contributed by atoms with Gasteiger partial charge in [0.05, 0.1) is 10.4 Å². The van der Waals surface area contributed by atoms with E-state index in [0.717, 1.165) is 20.8 Å². The number of nitrogens with one attached hydrogen (secondary N) is 1. The third-order valence-corrected chi connectivity index (χ3v) is 5.43. The van der Waals surface area contributed by atoms with Gasteiger partial charge in [0.15, 0.2) is 5.52 Å². The van der Waals surface area contributed by atoms with Gasteiger partial charge in [0.1, 0.15) is 11.6 Å². The third-order valence-electron chi connectivity index (χ3n) is 4.22. The number of hydrogen-bond acceptors (Lipinski definition) is 6. The van der Waals surface area contributed by atoms with Gasteiger partial charge in [-0.3, -0.25) is 14.6 Å². The standard InChI is InChI=1S/C20H17N5O2S/c1-13-18-17(23-19(28-18)15-5-3-2-4-6-15)20(27)25(24-13)12-16(26)22-11-14-7-9-21-10-8-14/h2-10H,11-12H2,1H3,(H,22,26). The van der Waals surface area contributed by atoms with Crippen LogP contribution in [0.1, 0.15) is 11.3 Å². The number of carbonyl (C=O) groups excluding carboxylic acids is 1. The van der Waals surface area contributed by atoms with Gasteiger partial charge in [-0.05, 0) is 24.6 Å². The van der Waals surface area contributed by atoms with Crippen molar-refractivity contribution in [3.05, 3.63) is 76.5 Å². The van der Waals surface area contributed by atoms with Gasteiger partial charge in [-0.25, -0.2) is 9.67 Å². The second-order valence-corrected chi connectivity index (χ2v) is 7.24. The molecule has 3 heterocycles. The van der Waals surface area contributed by atoms with Crippen LogP contribution in [0.15, 0.2) is 59.7 Å². The van der Waals surface area contributed by atoms with E-state index in [1.54, 1.807) is 12.4 Å². The van der Waals surface area contributed by atoms with E-state index >= 15 is 0 Å². The summed E-state index contributed by atoms with van der Waals surface area (Å²) in [4.78, 5) is 33.5. The normalized spacial score (nSPS) is 10.9. The van der Waals surface area contributed by atoms with Gasteiger partial charge in [0.2, 0.25) is 5.91 Å². The zero-order valence-corrected chi connectivity index (χ0v) is 15.9. The Morgan fingerprint density at radius 1 is 1.14 bits per heavy atom. The van der Waals surface area contributed by atoms with Crippen molar-refractivity contribution in [2.24, 2.45) is 0 Å². The van der Waals surface area contributed by atoms with Crippen molar-refractivity contribution in [2.75, 3.05) is 0 Å². The topological polar surface area (TPSA) is 89.8 Å². The molecule has 7 nitrogen and oxygen atoms in total. The number of amides is 1. The van der Waals surface area contributed by atoms with Gasteiger partial charge in [-0.1, -0.05) is 30.3 Å². The minimum absolute atomic E-state index is 0.154. The summed E-state index contributed by atoms with van der Waals surface area (Å²) in [6, 6.07) is 13.3. The number of nitrogens with zero attached hydrogens (tertiary/aromatic N) is 4. The molecule has 0 atom stereocenters. The summed E-state index contributed by atoms with van der Waals surface area (Å²) in [5.74, 6) is -0.288. The second kappa shape index (κ2) is 7.69. The molecule has 4 rings (SSSR count). The SMILES string of the molecule is Cc1nn(CC(=O)NCc2ccncc2)c(=O)c2nc(-c3ccccc3)sc12. The molecular formula is C20H17N5O2S. The number of benzene rings is 1. The van der Waals surface area contributed by atoms with E-state index < -0.39 is 0 Å². The van der Waals surface area contributed by atoms with Crippen LogP contribution in [0.4, 0.5) is 0 Å². The first kappa shape index (κ1) is 18.0. The minimum Gasteiger partial charge on any atom is -0.350 e. The predicted molar refractivity (Wildman–Crippen MR) is 108 cm³/mol. The molecule has 0 bridgehead atoms. The molecular weight excluding hydrogens is 374 g/mol. The molecule has 0 saturated carbocycles. The second-order valence-electron chi connectivity index (χ2n) is 6.24. The molecule has 0 saturated heterocycles. The molecule has 0 aliphatic carbocycles. The third kappa shape index (κ3) is 3.67. The van der Waals surface area contributed by atoms with Gasteiger partial charge in [0, 0.05) is 24.5 Å². The highest BCUT2D eigenvalue weighted by molar-refractivity contribution is 7.21. The van der Waals surface area contributed by atoms with Crippen LogP contribution in [0.25, 0.3) is 20.8 Å². The maximum absolute atomic E-state index is 12.8. The summed E-state index contributed by atoms with van der Waals surface area (Å²) >= 11 is 1.43. The molecule has 1 amide bonds. The van der Waals surface area contributed by atoms with E-state index in [1.165, 1.54) is 16.0 Å². The van der Waals surface area contributed by atoms with Crippen molar-refractivity contribution >= 4 is 27.5 Å². The van der Waals surface area contributed by atoms with Crippen molar-refractivity contribution < 1.29 is 4.79 Å². The summed E-state index contributed by atoms with van der Waals surface area (Å²) in [7, 11) is 0. The largest absolute Gasteiger partial charge is 0.350 e. The van der Waals surface area contributed by atoms with Crippen LogP contribution in [-0.4, -0.2) is 25.7 Å². The molecule has 8 heteroatoms. The van der Waals surface area contributed by atoms with Crippen LogP contribution < -0.4 is 10.9 Å². The maximum Gasteiger partial charge on any atom is 0.294 e. The van der Waals surface area contributed by atoms with Crippen molar-refractivity contribution in [1.29, 1.82) is 0 Å². The first-order valence-electron chi connectivity index (χ1n) is 8.71. The number of carbonyl (C=O) groups is 1. The lowest BCUT2D eigenvalue weighted by Crippen LogP contribution is -2.33. The predicted octanol–water partition coefficient (Wildman–Crippen LogP) is 2.54. The Balaban J connectivity index is 1.58. The molecule has 0 aliphatic rings. The van der Waals surface area contributed by atoms with Crippen LogP contribution in [0, 0.1) is 6.92 Å². The highest BCUT2D eigenvalue weighted by atomic mass is 32.1. The molecule has 140 valence electrons. The van der Waals surface area contributed by atoms with Crippen molar-refractivity contribution in [3.8, 4) is 10.6 Å². The smallest absolute Gasteiger partial charge is 0.294 e. The summed E-state index contributed by atoms with van der Waals surface area (Å²) in [6.07, 6.45) is 3.33. The van der Waals surface area contributed by atoms with Gasteiger partial charge in [-0.2, -0.15) is 5.10 Å². The molecule has 0 aliphatic heterocycles. The van der Waals surface area contributed by atoms with Crippen LogP contribution in [0.2, 0.25) is 0 Å². The maximum atomic E-state index is 12.8. The highest BCUT2D eigenvalue weighted by Crippen LogP contribution is 2.29. The van der Waals surface area contributed by atoms with E-state index in [2.05, 4.69) is 20.4 Å². The molecule has 28 heavy (non-hydrogen) atoms. The van der Waals surface area contributed by atoms with E-state index in [9.17, 15) is 9.59 Å². The lowest BCUT2D eigenvalue weighted by Gasteiger charge is -2.07. The zero-order chi connectivity index (χ0) is 19.5. The Hall–Kier alpha value is -3.39. The number of fused-ring (bicyclic) bond motifs is 1. The van der Waals surface area contributed by atoms with Crippen LogP contribution >= 0.6 is 11.3 Å². The zero-order valence-electron chi connectivity index (χ0n) is 15.1. The lowest BCUT2D eigenvalue weighted by molar-refractivity contribution is -0.122. The summed E-state index contributed by atoms with van der Waals surface area (Å²) < 4.78 is 1.92. The summed E-state index contributed by atoms with van der Waals surface area (Å²) in [6.45, 7) is 2.03. The lowest BCUT2D eigenvalue weighted by atomic mass is 10.2. The average molecular weight is 391 g/mol. The number of rotatable bonds is 5. The number of pyridine rings is 1. The molecule has 0 fully saturated rings. The fraction of sp³-hybridized carbons (Fsp3) is 0.150. The summed E-state index contributed by atoms with van der Waals surface area (Å²) in [5.41, 5.74) is 2.54. The molecule has 3 aromatic heterocycles. The van der Waals surface area contributed by atoms with Crippen LogP contribution in [0.3, 0.4) is 0 Å².